The first-order chi connectivity index (χ1) is 16.4. The van der Waals surface area contributed by atoms with E-state index in [0.717, 1.165) is 17.1 Å². The average Bonchev–Trinajstić information content (AvgIpc) is 2.91. The van der Waals surface area contributed by atoms with Gasteiger partial charge >= 0.3 is 0 Å². The second-order valence-electron chi connectivity index (χ2n) is 7.78. The Morgan fingerprint density at radius 2 is 0.788 bits per heavy atom. The van der Waals surface area contributed by atoms with Crippen molar-refractivity contribution in [2.75, 3.05) is 4.90 Å². The topological polar surface area (TPSA) is 15.6 Å². The van der Waals surface area contributed by atoms with Gasteiger partial charge in [-0.2, -0.15) is 0 Å². The first kappa shape index (κ1) is 20.5. The zero-order valence-electron chi connectivity index (χ0n) is 18.3. The molecular weight excluding hydrogens is 400 g/mol. The molecule has 2 heteroatoms. The minimum Gasteiger partial charge on any atom is -0.301 e. The summed E-state index contributed by atoms with van der Waals surface area (Å²) < 4.78 is 0. The van der Waals surface area contributed by atoms with Gasteiger partial charge in [0, 0.05) is 11.4 Å². The highest BCUT2D eigenvalue weighted by Crippen LogP contribution is 2.28. The van der Waals surface area contributed by atoms with Crippen molar-refractivity contribution in [2.45, 2.75) is 0 Å². The second kappa shape index (κ2) is 9.80. The first-order valence-electron chi connectivity index (χ1n) is 11.1. The van der Waals surface area contributed by atoms with Crippen LogP contribution in [0.5, 0.6) is 0 Å². The molecule has 0 aliphatic carbocycles. The predicted molar refractivity (Wildman–Crippen MR) is 140 cm³/mol. The van der Waals surface area contributed by atoms with Crippen molar-refractivity contribution >= 4 is 23.4 Å². The van der Waals surface area contributed by atoms with Gasteiger partial charge in [0.15, 0.2) is 0 Å². The molecule has 0 heterocycles. The molecule has 5 aromatic carbocycles. The van der Waals surface area contributed by atoms with Crippen molar-refractivity contribution in [3.63, 3.8) is 0 Å². The van der Waals surface area contributed by atoms with E-state index in [0.29, 0.717) is 0 Å². The molecule has 0 unspecified atom stereocenters. The number of para-hydroxylation sites is 1. The maximum Gasteiger partial charge on any atom is 0.100 e. The van der Waals surface area contributed by atoms with Crippen LogP contribution in [0.1, 0.15) is 0 Å². The van der Waals surface area contributed by atoms with Gasteiger partial charge in [0.25, 0.3) is 0 Å². The van der Waals surface area contributed by atoms with Crippen molar-refractivity contribution in [3.8, 4) is 22.3 Å². The van der Waals surface area contributed by atoms with Crippen LogP contribution < -0.4 is 4.90 Å². The molecule has 0 bridgehead atoms. The van der Waals surface area contributed by atoms with E-state index in [2.05, 4.69) is 114 Å². The monoisotopic (exact) mass is 424 g/mol. The Labute approximate surface area is 195 Å². The van der Waals surface area contributed by atoms with E-state index >= 15 is 0 Å². The highest BCUT2D eigenvalue weighted by atomic mass is 15.2. The number of aliphatic imine (C=N–C) groups is 1. The van der Waals surface area contributed by atoms with E-state index in [1.54, 1.807) is 0 Å². The molecule has 0 atom stereocenters. The Morgan fingerprint density at radius 1 is 0.394 bits per heavy atom. The smallest absolute Gasteiger partial charge is 0.100 e. The first-order valence-corrected chi connectivity index (χ1v) is 11.1. The number of hydrogen-bond donors (Lipinski definition) is 0. The standard InChI is InChI=1S/C31H24N2/c1-4-10-25(11-5-1)27-16-20-29(21-17-27)32-24-33(30-14-8-3-9-15-30)31-22-18-28(19-23-31)26-12-6-2-7-13-26/h1-24H. The molecule has 0 radical (unpaired) electrons. The molecule has 0 N–H and O–H groups in total. The Bertz CT molecular complexity index is 1310. The summed E-state index contributed by atoms with van der Waals surface area (Å²) in [6.07, 6.45) is 1.89. The van der Waals surface area contributed by atoms with Gasteiger partial charge < -0.3 is 4.90 Å². The van der Waals surface area contributed by atoms with Crippen LogP contribution in [-0.2, 0) is 0 Å². The molecule has 0 amide bonds. The molecule has 0 spiro atoms. The molecule has 2 nitrogen and oxygen atoms in total. The lowest BCUT2D eigenvalue weighted by Crippen LogP contribution is -2.14. The molecular formula is C31H24N2. The van der Waals surface area contributed by atoms with Crippen LogP contribution in [0.4, 0.5) is 17.1 Å². The third-order valence-corrected chi connectivity index (χ3v) is 5.58. The summed E-state index contributed by atoms with van der Waals surface area (Å²) in [5, 5.41) is 0. The van der Waals surface area contributed by atoms with Crippen LogP contribution >= 0.6 is 0 Å². The summed E-state index contributed by atoms with van der Waals surface area (Å²) in [6, 6.07) is 48.1. The summed E-state index contributed by atoms with van der Waals surface area (Å²) in [6.45, 7) is 0. The van der Waals surface area contributed by atoms with E-state index in [1.165, 1.54) is 22.3 Å². The lowest BCUT2D eigenvalue weighted by molar-refractivity contribution is 1.35. The van der Waals surface area contributed by atoms with Gasteiger partial charge in [-0.25, -0.2) is 4.99 Å². The van der Waals surface area contributed by atoms with E-state index < -0.39 is 0 Å². The summed E-state index contributed by atoms with van der Waals surface area (Å²) in [5.74, 6) is 0. The van der Waals surface area contributed by atoms with Crippen molar-refractivity contribution in [3.05, 3.63) is 140 Å². The molecule has 158 valence electrons. The second-order valence-corrected chi connectivity index (χ2v) is 7.78. The van der Waals surface area contributed by atoms with Gasteiger partial charge in [-0.05, 0) is 58.7 Å². The molecule has 0 saturated heterocycles. The van der Waals surface area contributed by atoms with Gasteiger partial charge in [-0.3, -0.25) is 0 Å². The number of anilines is 2. The van der Waals surface area contributed by atoms with E-state index in [-0.39, 0.29) is 0 Å². The summed E-state index contributed by atoms with van der Waals surface area (Å²) in [4.78, 5) is 6.89. The summed E-state index contributed by atoms with van der Waals surface area (Å²) in [5.41, 5.74) is 7.84. The lowest BCUT2D eigenvalue weighted by atomic mass is 10.1. The normalized spacial score (nSPS) is 10.9. The fraction of sp³-hybridized carbons (Fsp3) is 0. The van der Waals surface area contributed by atoms with Gasteiger partial charge in [0.2, 0.25) is 0 Å². The molecule has 0 aromatic heterocycles. The van der Waals surface area contributed by atoms with E-state index in [9.17, 15) is 0 Å². The molecule has 0 saturated carbocycles. The lowest BCUT2D eigenvalue weighted by Gasteiger charge is -2.20. The zero-order valence-corrected chi connectivity index (χ0v) is 18.3. The average molecular weight is 425 g/mol. The minimum absolute atomic E-state index is 0.913. The molecule has 0 aliphatic heterocycles. The predicted octanol–water partition coefficient (Wildman–Crippen LogP) is 8.52. The molecule has 33 heavy (non-hydrogen) atoms. The Balaban J connectivity index is 1.42. The number of benzene rings is 5. The van der Waals surface area contributed by atoms with Gasteiger partial charge in [-0.15, -0.1) is 0 Å². The SMILES string of the molecule is C(=Nc1ccc(-c2ccccc2)cc1)N(c1ccccc1)c1ccc(-c2ccccc2)cc1. The van der Waals surface area contributed by atoms with Crippen LogP contribution in [-0.4, -0.2) is 6.34 Å². The van der Waals surface area contributed by atoms with Crippen molar-refractivity contribution < 1.29 is 0 Å². The minimum atomic E-state index is 0.913. The Morgan fingerprint density at radius 3 is 1.30 bits per heavy atom. The fourth-order valence-corrected chi connectivity index (χ4v) is 3.81. The zero-order chi connectivity index (χ0) is 22.3. The molecule has 0 fully saturated rings. The van der Waals surface area contributed by atoms with E-state index in [1.807, 2.05) is 36.7 Å². The summed E-state index contributed by atoms with van der Waals surface area (Å²) in [7, 11) is 0. The van der Waals surface area contributed by atoms with Crippen LogP contribution in [0.15, 0.2) is 145 Å². The number of nitrogens with zero attached hydrogens (tertiary/aromatic N) is 2. The third-order valence-electron chi connectivity index (χ3n) is 5.58. The van der Waals surface area contributed by atoms with Crippen molar-refractivity contribution in [2.24, 2.45) is 4.99 Å². The van der Waals surface area contributed by atoms with Gasteiger partial charge in [0.05, 0.1) is 5.69 Å². The Kier molecular flexibility index (Phi) is 6.08. The number of rotatable bonds is 6. The van der Waals surface area contributed by atoms with Gasteiger partial charge in [-0.1, -0.05) is 103 Å². The quantitative estimate of drug-likeness (QED) is 0.197. The fourth-order valence-electron chi connectivity index (χ4n) is 3.81. The maximum absolute atomic E-state index is 4.78. The van der Waals surface area contributed by atoms with Gasteiger partial charge in [0.1, 0.15) is 6.34 Å². The van der Waals surface area contributed by atoms with Crippen molar-refractivity contribution in [1.82, 2.24) is 0 Å². The van der Waals surface area contributed by atoms with Crippen LogP contribution in [0.3, 0.4) is 0 Å². The van der Waals surface area contributed by atoms with Crippen LogP contribution in [0.2, 0.25) is 0 Å². The number of hydrogen-bond acceptors (Lipinski definition) is 1. The van der Waals surface area contributed by atoms with E-state index in [4.69, 9.17) is 4.99 Å². The Hall–Kier alpha value is -4.43. The highest BCUT2D eigenvalue weighted by molar-refractivity contribution is 5.91. The largest absolute Gasteiger partial charge is 0.301 e. The van der Waals surface area contributed by atoms with Crippen LogP contribution in [0, 0.1) is 0 Å². The maximum atomic E-state index is 4.78. The molecule has 5 aromatic rings. The molecule has 0 aliphatic rings. The summed E-state index contributed by atoms with van der Waals surface area (Å²) >= 11 is 0. The van der Waals surface area contributed by atoms with Crippen molar-refractivity contribution in [1.29, 1.82) is 0 Å². The third kappa shape index (κ3) is 4.91. The molecule has 5 rings (SSSR count). The van der Waals surface area contributed by atoms with Crippen LogP contribution in [0.25, 0.3) is 22.3 Å². The highest BCUT2D eigenvalue weighted by Gasteiger charge is 2.08.